The van der Waals surface area contributed by atoms with Crippen molar-refractivity contribution in [3.63, 3.8) is 0 Å². The lowest BCUT2D eigenvalue weighted by molar-refractivity contribution is 0.226. The van der Waals surface area contributed by atoms with Crippen molar-refractivity contribution in [2.75, 3.05) is 6.54 Å². The lowest BCUT2D eigenvalue weighted by Gasteiger charge is -2.10. The molecule has 1 atom stereocenters. The van der Waals surface area contributed by atoms with Gasteiger partial charge in [-0.15, -0.1) is 11.3 Å². The molecule has 86 valence electrons. The summed E-state index contributed by atoms with van der Waals surface area (Å²) in [6.07, 6.45) is 1.12. The summed E-state index contributed by atoms with van der Waals surface area (Å²) in [5.74, 6) is 0.806. The van der Waals surface area contributed by atoms with Crippen LogP contribution in [0.15, 0.2) is 52.8 Å². The van der Waals surface area contributed by atoms with Crippen molar-refractivity contribution in [3.8, 4) is 0 Å². The fraction of sp³-hybridized carbons (Fsp3) is 0.214. The van der Waals surface area contributed by atoms with Gasteiger partial charge in [0.15, 0.2) is 0 Å². The highest BCUT2D eigenvalue weighted by atomic mass is 32.1. The molecule has 0 amide bonds. The minimum atomic E-state index is 0.189. The molecular formula is C14H13NOS. The lowest BCUT2D eigenvalue weighted by atomic mass is 10.1. The predicted octanol–water partition coefficient (Wildman–Crippen LogP) is 3.14. The van der Waals surface area contributed by atoms with Crippen molar-refractivity contribution in [1.82, 2.24) is 0 Å². The van der Waals surface area contributed by atoms with Gasteiger partial charge in [-0.2, -0.15) is 0 Å². The zero-order chi connectivity index (χ0) is 11.5. The Morgan fingerprint density at radius 2 is 2.06 bits per heavy atom. The summed E-state index contributed by atoms with van der Waals surface area (Å²) < 4.78 is 5.87. The monoisotopic (exact) mass is 243 g/mol. The molecule has 1 aromatic carbocycles. The number of hydrogen-bond acceptors (Lipinski definition) is 3. The number of benzene rings is 1. The summed E-state index contributed by atoms with van der Waals surface area (Å²) in [5, 5.41) is 2.05. The maximum Gasteiger partial charge on any atom is 0.226 e. The summed E-state index contributed by atoms with van der Waals surface area (Å²) in [7, 11) is 0. The van der Waals surface area contributed by atoms with E-state index in [1.807, 2.05) is 23.6 Å². The standard InChI is InChI=1S/C14H13NOS/c1-2-5-11(6-3-1)9-12-10-15-14(16-12)13-7-4-8-17-13/h1-8,12H,9-10H2/t12-/m0/s1. The second kappa shape index (κ2) is 4.72. The van der Waals surface area contributed by atoms with E-state index in [0.29, 0.717) is 0 Å². The smallest absolute Gasteiger partial charge is 0.226 e. The maximum atomic E-state index is 5.87. The number of nitrogens with zero attached hydrogens (tertiary/aromatic N) is 1. The molecule has 2 nitrogen and oxygen atoms in total. The summed E-state index contributed by atoms with van der Waals surface area (Å²) >= 11 is 1.67. The molecule has 1 aromatic heterocycles. The highest BCUT2D eigenvalue weighted by Crippen LogP contribution is 2.19. The molecule has 17 heavy (non-hydrogen) atoms. The van der Waals surface area contributed by atoms with Crippen molar-refractivity contribution >= 4 is 17.2 Å². The second-order valence-corrected chi connectivity index (χ2v) is 5.00. The number of hydrogen-bond donors (Lipinski definition) is 0. The first-order valence-electron chi connectivity index (χ1n) is 5.71. The molecule has 3 heteroatoms. The van der Waals surface area contributed by atoms with Crippen LogP contribution in [0.25, 0.3) is 0 Å². The Hall–Kier alpha value is -1.61. The van der Waals surface area contributed by atoms with E-state index in [2.05, 4.69) is 29.3 Å². The van der Waals surface area contributed by atoms with Crippen LogP contribution in [0, 0.1) is 0 Å². The van der Waals surface area contributed by atoms with E-state index in [4.69, 9.17) is 4.74 Å². The zero-order valence-electron chi connectivity index (χ0n) is 9.37. The number of aliphatic imine (C=N–C) groups is 1. The van der Waals surface area contributed by atoms with Crippen molar-refractivity contribution in [2.24, 2.45) is 4.99 Å². The molecule has 0 spiro atoms. The Labute approximate surface area is 105 Å². The topological polar surface area (TPSA) is 21.6 Å². The molecule has 2 heterocycles. The molecule has 0 unspecified atom stereocenters. The van der Waals surface area contributed by atoms with Crippen molar-refractivity contribution in [3.05, 3.63) is 58.3 Å². The van der Waals surface area contributed by atoms with Gasteiger partial charge in [-0.1, -0.05) is 36.4 Å². The van der Waals surface area contributed by atoms with Crippen LogP contribution in [-0.4, -0.2) is 18.5 Å². The van der Waals surface area contributed by atoms with Gasteiger partial charge in [0.2, 0.25) is 5.90 Å². The average Bonchev–Trinajstić information content (AvgIpc) is 3.00. The van der Waals surface area contributed by atoms with E-state index in [1.165, 1.54) is 5.56 Å². The summed E-state index contributed by atoms with van der Waals surface area (Å²) in [5.41, 5.74) is 1.31. The molecule has 1 aliphatic heterocycles. The fourth-order valence-corrected chi connectivity index (χ4v) is 2.61. The van der Waals surface area contributed by atoms with Gasteiger partial charge < -0.3 is 4.74 Å². The molecule has 0 aliphatic carbocycles. The minimum Gasteiger partial charge on any atom is -0.471 e. The third-order valence-corrected chi connectivity index (χ3v) is 3.61. The highest BCUT2D eigenvalue weighted by molar-refractivity contribution is 7.12. The van der Waals surface area contributed by atoms with E-state index < -0.39 is 0 Å². The Balaban J connectivity index is 1.64. The van der Waals surface area contributed by atoms with Crippen LogP contribution >= 0.6 is 11.3 Å². The van der Waals surface area contributed by atoms with Gasteiger partial charge in [-0.05, 0) is 17.0 Å². The number of rotatable bonds is 3. The van der Waals surface area contributed by atoms with E-state index in [0.717, 1.165) is 23.7 Å². The van der Waals surface area contributed by atoms with E-state index in [9.17, 15) is 0 Å². The van der Waals surface area contributed by atoms with Crippen molar-refractivity contribution in [1.29, 1.82) is 0 Å². The molecule has 2 aromatic rings. The Morgan fingerprint density at radius 3 is 2.82 bits per heavy atom. The maximum absolute atomic E-state index is 5.87. The largest absolute Gasteiger partial charge is 0.471 e. The highest BCUT2D eigenvalue weighted by Gasteiger charge is 2.21. The Kier molecular flexibility index (Phi) is 2.92. The molecule has 0 saturated carbocycles. The summed E-state index contributed by atoms with van der Waals surface area (Å²) in [6, 6.07) is 14.5. The van der Waals surface area contributed by atoms with E-state index in [1.54, 1.807) is 11.3 Å². The van der Waals surface area contributed by atoms with Gasteiger partial charge >= 0.3 is 0 Å². The normalized spacial score (nSPS) is 18.8. The number of ether oxygens (including phenoxy) is 1. The molecule has 0 fully saturated rings. The van der Waals surface area contributed by atoms with Crippen LogP contribution in [0.3, 0.4) is 0 Å². The average molecular weight is 243 g/mol. The summed E-state index contributed by atoms with van der Waals surface area (Å²) in [4.78, 5) is 5.59. The Morgan fingerprint density at radius 1 is 1.18 bits per heavy atom. The lowest BCUT2D eigenvalue weighted by Crippen LogP contribution is -2.16. The van der Waals surface area contributed by atoms with Crippen LogP contribution in [0.4, 0.5) is 0 Å². The van der Waals surface area contributed by atoms with E-state index >= 15 is 0 Å². The Bertz CT molecular complexity index is 504. The SMILES string of the molecule is c1ccc(C[C@H]2CN=C(c3cccs3)O2)cc1. The molecule has 0 saturated heterocycles. The zero-order valence-corrected chi connectivity index (χ0v) is 10.2. The van der Waals surface area contributed by atoms with Crippen molar-refractivity contribution < 1.29 is 4.74 Å². The van der Waals surface area contributed by atoms with Gasteiger partial charge in [0.25, 0.3) is 0 Å². The van der Waals surface area contributed by atoms with Gasteiger partial charge in [-0.3, -0.25) is 0 Å². The van der Waals surface area contributed by atoms with Gasteiger partial charge in [0, 0.05) is 6.42 Å². The first-order valence-corrected chi connectivity index (χ1v) is 6.59. The van der Waals surface area contributed by atoms with Crippen molar-refractivity contribution in [2.45, 2.75) is 12.5 Å². The van der Waals surface area contributed by atoms with Crippen LogP contribution in [-0.2, 0) is 11.2 Å². The van der Waals surface area contributed by atoms with Crippen LogP contribution in [0.1, 0.15) is 10.4 Å². The summed E-state index contributed by atoms with van der Waals surface area (Å²) in [6.45, 7) is 0.766. The minimum absolute atomic E-state index is 0.189. The molecule has 0 radical (unpaired) electrons. The molecule has 1 aliphatic rings. The van der Waals surface area contributed by atoms with Gasteiger partial charge in [0.1, 0.15) is 6.10 Å². The van der Waals surface area contributed by atoms with E-state index in [-0.39, 0.29) is 6.10 Å². The third-order valence-electron chi connectivity index (χ3n) is 2.75. The van der Waals surface area contributed by atoms with Crippen LogP contribution in [0.5, 0.6) is 0 Å². The molecule has 0 bridgehead atoms. The molecule has 0 N–H and O–H groups in total. The third kappa shape index (κ3) is 2.39. The second-order valence-electron chi connectivity index (χ2n) is 4.05. The first kappa shape index (κ1) is 10.5. The van der Waals surface area contributed by atoms with Gasteiger partial charge in [0.05, 0.1) is 11.4 Å². The van der Waals surface area contributed by atoms with Crippen LogP contribution < -0.4 is 0 Å². The fourth-order valence-electron chi connectivity index (χ4n) is 1.94. The van der Waals surface area contributed by atoms with Crippen LogP contribution in [0.2, 0.25) is 0 Å². The predicted molar refractivity (Wildman–Crippen MR) is 70.7 cm³/mol. The molecular weight excluding hydrogens is 230 g/mol. The molecule has 3 rings (SSSR count). The first-order chi connectivity index (χ1) is 8.42. The number of thiophene rings is 1. The van der Waals surface area contributed by atoms with Gasteiger partial charge in [-0.25, -0.2) is 4.99 Å². The quantitative estimate of drug-likeness (QED) is 0.811.